The predicted octanol–water partition coefficient (Wildman–Crippen LogP) is 5.49. The van der Waals surface area contributed by atoms with Crippen molar-refractivity contribution in [2.75, 3.05) is 31.1 Å². The van der Waals surface area contributed by atoms with E-state index in [2.05, 4.69) is 69.2 Å². The Morgan fingerprint density at radius 3 is 2.63 bits per heavy atom. The van der Waals surface area contributed by atoms with Gasteiger partial charge in [0.25, 0.3) is 0 Å². The maximum atomic E-state index is 5.90. The van der Waals surface area contributed by atoms with E-state index in [1.807, 2.05) is 6.07 Å². The molecule has 0 amide bonds. The standard InChI is InChI=1S/C28H36N6O/c1-19(2)35-18-20-7-6-8-24-26(20)27(32-31-24)28-29-23-10-9-22(17-25(23)30-28)34-15-11-21(12-16-34)33-13-4-3-5-14-33/h6-10,17,19,21H,3-5,11-16,18H2,1-2H3,(H,29,30)(H,31,32). The average molecular weight is 473 g/mol. The van der Waals surface area contributed by atoms with Crippen molar-refractivity contribution in [1.82, 2.24) is 25.1 Å². The van der Waals surface area contributed by atoms with E-state index in [0.717, 1.165) is 58.1 Å². The number of benzene rings is 2. The van der Waals surface area contributed by atoms with Crippen LogP contribution in [-0.2, 0) is 11.3 Å². The highest BCUT2D eigenvalue weighted by molar-refractivity contribution is 5.95. The van der Waals surface area contributed by atoms with E-state index >= 15 is 0 Å². The number of aromatic nitrogens is 4. The van der Waals surface area contributed by atoms with E-state index in [9.17, 15) is 0 Å². The number of hydrogen-bond acceptors (Lipinski definition) is 5. The molecule has 6 rings (SSSR count). The summed E-state index contributed by atoms with van der Waals surface area (Å²) in [5.41, 5.74) is 6.28. The van der Waals surface area contributed by atoms with Gasteiger partial charge in [-0.05, 0) is 82.4 Å². The lowest BCUT2D eigenvalue weighted by atomic mass is 9.99. The maximum Gasteiger partial charge on any atom is 0.159 e. The molecule has 0 unspecified atom stereocenters. The Bertz CT molecular complexity index is 1290. The fourth-order valence-electron chi connectivity index (χ4n) is 5.77. The molecular formula is C28H36N6O. The fraction of sp³-hybridized carbons (Fsp3) is 0.500. The molecule has 35 heavy (non-hydrogen) atoms. The highest BCUT2D eigenvalue weighted by atomic mass is 16.5. The number of anilines is 1. The molecule has 7 heteroatoms. The van der Waals surface area contributed by atoms with Gasteiger partial charge in [0.15, 0.2) is 5.82 Å². The van der Waals surface area contributed by atoms with Crippen LogP contribution >= 0.6 is 0 Å². The molecule has 0 bridgehead atoms. The monoisotopic (exact) mass is 472 g/mol. The largest absolute Gasteiger partial charge is 0.374 e. The van der Waals surface area contributed by atoms with Crippen molar-refractivity contribution in [2.45, 2.75) is 64.7 Å². The summed E-state index contributed by atoms with van der Waals surface area (Å²) < 4.78 is 5.90. The van der Waals surface area contributed by atoms with Crippen molar-refractivity contribution in [2.24, 2.45) is 0 Å². The summed E-state index contributed by atoms with van der Waals surface area (Å²) >= 11 is 0. The van der Waals surface area contributed by atoms with Gasteiger partial charge in [-0.3, -0.25) is 5.10 Å². The zero-order chi connectivity index (χ0) is 23.8. The molecule has 2 aliphatic heterocycles. The van der Waals surface area contributed by atoms with E-state index in [4.69, 9.17) is 9.72 Å². The Morgan fingerprint density at radius 1 is 1.00 bits per heavy atom. The van der Waals surface area contributed by atoms with Gasteiger partial charge in [0.05, 0.1) is 29.3 Å². The third-order valence-electron chi connectivity index (χ3n) is 7.67. The SMILES string of the molecule is CC(C)OCc1cccc2[nH]nc(-c3nc4ccc(N5CCC(N6CCCCC6)CC5)cc4[nH]3)c12. The first-order chi connectivity index (χ1) is 17.2. The van der Waals surface area contributed by atoms with Crippen molar-refractivity contribution in [3.8, 4) is 11.5 Å². The van der Waals surface area contributed by atoms with Gasteiger partial charge in [-0.1, -0.05) is 18.6 Å². The molecular weight excluding hydrogens is 436 g/mol. The van der Waals surface area contributed by atoms with Crippen molar-refractivity contribution >= 4 is 27.6 Å². The topological polar surface area (TPSA) is 73.1 Å². The summed E-state index contributed by atoms with van der Waals surface area (Å²) in [6.45, 7) is 9.50. The van der Waals surface area contributed by atoms with Crippen LogP contribution in [0.2, 0.25) is 0 Å². The number of hydrogen-bond donors (Lipinski definition) is 2. The molecule has 2 aromatic heterocycles. The molecule has 2 aliphatic rings. The number of fused-ring (bicyclic) bond motifs is 2. The Labute approximate surface area is 206 Å². The van der Waals surface area contributed by atoms with Gasteiger partial charge >= 0.3 is 0 Å². The summed E-state index contributed by atoms with van der Waals surface area (Å²) in [6, 6.07) is 13.6. The van der Waals surface area contributed by atoms with Crippen LogP contribution in [0.1, 0.15) is 51.5 Å². The van der Waals surface area contributed by atoms with Crippen molar-refractivity contribution in [3.63, 3.8) is 0 Å². The number of ether oxygens (including phenoxy) is 1. The number of H-pyrrole nitrogens is 2. The van der Waals surface area contributed by atoms with E-state index in [1.54, 1.807) is 0 Å². The minimum atomic E-state index is 0.176. The van der Waals surface area contributed by atoms with Crippen LogP contribution in [0.25, 0.3) is 33.5 Å². The molecule has 2 N–H and O–H groups in total. The Balaban J connectivity index is 1.23. The lowest BCUT2D eigenvalue weighted by Gasteiger charge is -2.41. The molecule has 2 aromatic carbocycles. The first kappa shape index (κ1) is 22.6. The zero-order valence-electron chi connectivity index (χ0n) is 20.9. The van der Waals surface area contributed by atoms with Gasteiger partial charge in [-0.15, -0.1) is 0 Å². The molecule has 4 aromatic rings. The van der Waals surface area contributed by atoms with E-state index in [0.29, 0.717) is 6.61 Å². The van der Waals surface area contributed by atoms with Gasteiger partial charge in [0.1, 0.15) is 5.69 Å². The first-order valence-corrected chi connectivity index (χ1v) is 13.2. The van der Waals surface area contributed by atoms with Crippen molar-refractivity contribution in [1.29, 1.82) is 0 Å². The Hall–Kier alpha value is -2.90. The minimum Gasteiger partial charge on any atom is -0.374 e. The normalized spacial score (nSPS) is 18.3. The molecule has 0 aliphatic carbocycles. The quantitative estimate of drug-likeness (QED) is 0.388. The molecule has 2 fully saturated rings. The Kier molecular flexibility index (Phi) is 6.20. The highest BCUT2D eigenvalue weighted by Crippen LogP contribution is 2.31. The smallest absolute Gasteiger partial charge is 0.159 e. The maximum absolute atomic E-state index is 5.90. The second-order valence-electron chi connectivity index (χ2n) is 10.4. The van der Waals surface area contributed by atoms with Crippen LogP contribution in [0.15, 0.2) is 36.4 Å². The predicted molar refractivity (Wildman–Crippen MR) is 142 cm³/mol. The molecule has 0 saturated carbocycles. The van der Waals surface area contributed by atoms with Crippen molar-refractivity contribution in [3.05, 3.63) is 42.0 Å². The molecule has 0 atom stereocenters. The third kappa shape index (κ3) is 4.55. The second kappa shape index (κ2) is 9.63. The molecule has 0 spiro atoms. The van der Waals surface area contributed by atoms with Crippen LogP contribution in [0.4, 0.5) is 5.69 Å². The van der Waals surface area contributed by atoms with Gasteiger partial charge in [0, 0.05) is 30.2 Å². The van der Waals surface area contributed by atoms with Crippen LogP contribution in [-0.4, -0.2) is 63.4 Å². The van der Waals surface area contributed by atoms with Gasteiger partial charge in [-0.2, -0.15) is 5.10 Å². The molecule has 2 saturated heterocycles. The number of imidazole rings is 1. The summed E-state index contributed by atoms with van der Waals surface area (Å²) in [5.74, 6) is 0.796. The van der Waals surface area contributed by atoms with Crippen LogP contribution in [0, 0.1) is 0 Å². The van der Waals surface area contributed by atoms with Gasteiger partial charge in [-0.25, -0.2) is 4.98 Å². The fourth-order valence-corrected chi connectivity index (χ4v) is 5.77. The van der Waals surface area contributed by atoms with Crippen molar-refractivity contribution < 1.29 is 4.74 Å². The lowest BCUT2D eigenvalue weighted by Crippen LogP contribution is -2.46. The zero-order valence-corrected chi connectivity index (χ0v) is 20.9. The van der Waals surface area contributed by atoms with E-state index in [-0.39, 0.29) is 6.10 Å². The molecule has 184 valence electrons. The Morgan fingerprint density at radius 2 is 1.83 bits per heavy atom. The highest BCUT2D eigenvalue weighted by Gasteiger charge is 2.26. The number of rotatable bonds is 6. The lowest BCUT2D eigenvalue weighted by molar-refractivity contribution is 0.0664. The van der Waals surface area contributed by atoms with Crippen LogP contribution in [0.3, 0.4) is 0 Å². The van der Waals surface area contributed by atoms with Gasteiger partial charge in [0.2, 0.25) is 0 Å². The summed E-state index contributed by atoms with van der Waals surface area (Å²) in [7, 11) is 0. The average Bonchev–Trinajstić information content (AvgIpc) is 3.52. The summed E-state index contributed by atoms with van der Waals surface area (Å²) in [5, 5.41) is 8.88. The summed E-state index contributed by atoms with van der Waals surface area (Å²) in [6.07, 6.45) is 6.84. The van der Waals surface area contributed by atoms with E-state index in [1.165, 1.54) is 50.9 Å². The number of nitrogens with one attached hydrogen (secondary N) is 2. The number of nitrogens with zero attached hydrogens (tertiary/aromatic N) is 4. The molecule has 7 nitrogen and oxygen atoms in total. The van der Waals surface area contributed by atoms with Gasteiger partial charge < -0.3 is 19.5 Å². The number of aromatic amines is 2. The summed E-state index contributed by atoms with van der Waals surface area (Å²) in [4.78, 5) is 13.7. The molecule has 0 radical (unpaired) electrons. The van der Waals surface area contributed by atoms with Crippen LogP contribution in [0.5, 0.6) is 0 Å². The molecule has 4 heterocycles. The number of likely N-dealkylation sites (tertiary alicyclic amines) is 1. The minimum absolute atomic E-state index is 0.176. The number of piperidine rings is 2. The van der Waals surface area contributed by atoms with E-state index < -0.39 is 0 Å². The third-order valence-corrected chi connectivity index (χ3v) is 7.67. The first-order valence-electron chi connectivity index (χ1n) is 13.2. The second-order valence-corrected chi connectivity index (χ2v) is 10.4. The van der Waals surface area contributed by atoms with Crippen LogP contribution < -0.4 is 4.90 Å².